The second-order valence-electron chi connectivity index (χ2n) is 28.6. The highest BCUT2D eigenvalue weighted by Gasteiger charge is 2.39. The number of halogens is 3. The van der Waals surface area contributed by atoms with Gasteiger partial charge in [-0.2, -0.15) is 0 Å². The van der Waals surface area contributed by atoms with Crippen molar-refractivity contribution in [2.75, 3.05) is 0 Å². The lowest BCUT2D eigenvalue weighted by Crippen LogP contribution is -2.29. The van der Waals surface area contributed by atoms with Crippen LogP contribution in [0.4, 0.5) is 0 Å². The predicted octanol–water partition coefficient (Wildman–Crippen LogP) is 22.5. The van der Waals surface area contributed by atoms with E-state index in [9.17, 15) is 51.1 Å². The van der Waals surface area contributed by atoms with E-state index in [1.807, 2.05) is 107 Å². The molecule has 534 valence electrons. The zero-order valence-electron chi connectivity index (χ0n) is 60.3. The van der Waals surface area contributed by atoms with Crippen LogP contribution in [-0.2, 0) is 32.5 Å². The van der Waals surface area contributed by atoms with Crippen LogP contribution in [0.1, 0.15) is 170 Å². The van der Waals surface area contributed by atoms with Crippen LogP contribution in [0.3, 0.4) is 0 Å². The van der Waals surface area contributed by atoms with E-state index >= 15 is 0 Å². The Hall–Kier alpha value is -10.5. The fraction of sp³-hybridized carbons (Fsp3) is 0.209. The van der Waals surface area contributed by atoms with Crippen molar-refractivity contribution in [1.29, 1.82) is 0 Å². The van der Waals surface area contributed by atoms with E-state index in [-0.39, 0.29) is 83.8 Å². The van der Waals surface area contributed by atoms with Crippen molar-refractivity contribution in [2.45, 2.75) is 121 Å². The van der Waals surface area contributed by atoms with E-state index in [1.165, 1.54) is 34.4 Å². The number of hydrogen-bond donors (Lipinski definition) is 10. The third-order valence-electron chi connectivity index (χ3n) is 21.5. The minimum absolute atomic E-state index is 0.0128. The third-order valence-corrected chi connectivity index (χ3v) is 22.4. The van der Waals surface area contributed by atoms with Gasteiger partial charge in [-0.05, 0) is 214 Å². The quantitative estimate of drug-likeness (QED) is 0.0309. The van der Waals surface area contributed by atoms with Crippen molar-refractivity contribution < 1.29 is 51.1 Å². The molecule has 10 nitrogen and oxygen atoms in total. The maximum absolute atomic E-state index is 10.4. The van der Waals surface area contributed by atoms with E-state index < -0.39 is 16.2 Å². The van der Waals surface area contributed by atoms with Crippen molar-refractivity contribution in [2.24, 2.45) is 0 Å². The zero-order chi connectivity index (χ0) is 75.4. The molecule has 0 aliphatic heterocycles. The van der Waals surface area contributed by atoms with E-state index in [1.54, 1.807) is 91.0 Å². The highest BCUT2D eigenvalue weighted by atomic mass is 35.5. The number of rotatable bonds is 17. The minimum Gasteiger partial charge on any atom is -0.508 e. The first-order valence-electron chi connectivity index (χ1n) is 34.5. The van der Waals surface area contributed by atoms with Gasteiger partial charge in [0.05, 0.1) is 15.1 Å². The molecule has 0 radical (unpaired) electrons. The Morgan fingerprint density at radius 3 is 0.827 bits per heavy atom. The summed E-state index contributed by atoms with van der Waals surface area (Å²) in [6, 6.07) is 80.1. The number of benzene rings is 12. The van der Waals surface area contributed by atoms with Crippen molar-refractivity contribution >= 4 is 34.8 Å². The molecule has 0 bridgehead atoms. The second-order valence-corrected chi connectivity index (χ2v) is 29.8. The molecule has 12 rings (SSSR count). The number of aryl methyl sites for hydroxylation is 2. The van der Waals surface area contributed by atoms with Crippen LogP contribution in [0.2, 0.25) is 15.1 Å². The molecule has 12 aromatic carbocycles. The molecule has 2 unspecified atom stereocenters. The molecular weight excluding hydrogens is 1360 g/mol. The molecule has 0 aromatic heterocycles. The van der Waals surface area contributed by atoms with Crippen LogP contribution in [0.5, 0.6) is 57.5 Å². The molecule has 0 aliphatic carbocycles. The zero-order valence-corrected chi connectivity index (χ0v) is 62.5. The Labute approximate surface area is 625 Å². The van der Waals surface area contributed by atoms with Gasteiger partial charge in [-0.3, -0.25) is 0 Å². The summed E-state index contributed by atoms with van der Waals surface area (Å²) in [5, 5.41) is 101. The molecule has 0 spiro atoms. The van der Waals surface area contributed by atoms with E-state index in [2.05, 4.69) is 121 Å². The van der Waals surface area contributed by atoms with Gasteiger partial charge in [0.25, 0.3) is 0 Å². The average Bonchev–Trinajstić information content (AvgIpc) is 0.760. The molecular formula is C91H89Cl3O10. The topological polar surface area (TPSA) is 202 Å². The lowest BCUT2D eigenvalue weighted by atomic mass is 9.67. The van der Waals surface area contributed by atoms with Crippen molar-refractivity contribution in [3.63, 3.8) is 0 Å². The molecule has 0 heterocycles. The van der Waals surface area contributed by atoms with Crippen molar-refractivity contribution in [3.05, 3.63) is 364 Å². The second kappa shape index (κ2) is 30.4. The summed E-state index contributed by atoms with van der Waals surface area (Å²) in [7, 11) is 0. The van der Waals surface area contributed by atoms with Crippen LogP contribution >= 0.6 is 34.8 Å². The van der Waals surface area contributed by atoms with Gasteiger partial charge in [-0.15, -0.1) is 0 Å². The molecule has 2 atom stereocenters. The summed E-state index contributed by atoms with van der Waals surface area (Å²) in [5.41, 5.74) is 14.6. The monoisotopic (exact) mass is 1450 g/mol. The summed E-state index contributed by atoms with van der Waals surface area (Å²) in [6.45, 7) is 23.0. The Morgan fingerprint density at radius 1 is 0.231 bits per heavy atom. The van der Waals surface area contributed by atoms with Gasteiger partial charge in [0.15, 0.2) is 23.0 Å². The van der Waals surface area contributed by atoms with Gasteiger partial charge in [-0.1, -0.05) is 260 Å². The third kappa shape index (κ3) is 15.0. The highest BCUT2D eigenvalue weighted by Crippen LogP contribution is 2.50. The Kier molecular flexibility index (Phi) is 22.3. The maximum atomic E-state index is 10.4. The summed E-state index contributed by atoms with van der Waals surface area (Å²) < 4.78 is 0. The molecule has 104 heavy (non-hydrogen) atoms. The summed E-state index contributed by atoms with van der Waals surface area (Å²) in [4.78, 5) is 0. The SMILES string of the molecule is CCC(c1ccc(C(C)(C)c2ccc(O)c(Cl)c2)cc1)(c1ccc(O)c(Cl)c1)c1ccc(O)c(Cl)c1.CCC(c1ccc(C)cc1)(c1ccc(O)cc1)c1ccc(C(C)(C)c2ccc(O)cc2)cc1.Cc1ccc(C(C)(c2ccc(C(C)(C)c3ccc(O)c(O)c3)cc2)c2ccc(O)c(O)c2)cc1O. The van der Waals surface area contributed by atoms with Crippen LogP contribution < -0.4 is 0 Å². The predicted molar refractivity (Wildman–Crippen MR) is 421 cm³/mol. The van der Waals surface area contributed by atoms with E-state index in [0.29, 0.717) is 11.4 Å². The smallest absolute Gasteiger partial charge is 0.157 e. The lowest BCUT2D eigenvalue weighted by molar-refractivity contribution is 0.402. The van der Waals surface area contributed by atoms with E-state index in [0.717, 1.165) is 78.7 Å². The molecule has 13 heteroatoms. The number of aromatic hydroxyl groups is 10. The molecule has 10 N–H and O–H groups in total. The first-order chi connectivity index (χ1) is 49.2. The fourth-order valence-corrected chi connectivity index (χ4v) is 14.9. The molecule has 0 saturated carbocycles. The maximum Gasteiger partial charge on any atom is 0.157 e. The first kappa shape index (κ1) is 76.2. The first-order valence-corrected chi connectivity index (χ1v) is 35.7. The molecule has 0 amide bonds. The van der Waals surface area contributed by atoms with Gasteiger partial charge in [0.1, 0.15) is 34.5 Å². The molecule has 0 saturated heterocycles. The van der Waals surface area contributed by atoms with Crippen LogP contribution in [0.25, 0.3) is 0 Å². The summed E-state index contributed by atoms with van der Waals surface area (Å²) in [6.07, 6.45) is 1.56. The van der Waals surface area contributed by atoms with E-state index in [4.69, 9.17) is 34.8 Å². The standard InChI is InChI=1S/C31H32O2.C30H27Cl3O3.C30H30O5/c1-5-31(25-8-6-22(2)7-9-25,27-16-20-29(33)21-17-27)26-12-10-23(11-13-26)30(3,4)24-14-18-28(32)19-15-24;1-4-30(21-10-13-27(35)24(32)16-21,22-11-14-28(36)25(33)17-22)19-7-5-18(6-8-19)29(2,3)20-9-12-26(34)23(31)15-20;1-18-5-6-22(16-26(18)33)30(4,23-12-14-25(32)28(35)17-23)20-9-7-19(8-10-20)29(2,3)21-11-13-24(31)27(34)15-21/h6-21,32-33H,5H2,1-4H3;5-17,34-36H,4H2,1-3H3;5-17,31-35H,1-4H3. The van der Waals surface area contributed by atoms with Gasteiger partial charge < -0.3 is 51.1 Å². The highest BCUT2D eigenvalue weighted by molar-refractivity contribution is 6.32. The minimum atomic E-state index is -0.740. The molecule has 12 aromatic rings. The van der Waals surface area contributed by atoms with Gasteiger partial charge in [0.2, 0.25) is 0 Å². The van der Waals surface area contributed by atoms with Crippen molar-refractivity contribution in [3.8, 4) is 57.5 Å². The fourth-order valence-electron chi connectivity index (χ4n) is 14.4. The average molecular weight is 1450 g/mol. The van der Waals surface area contributed by atoms with Crippen LogP contribution in [0, 0.1) is 13.8 Å². The van der Waals surface area contributed by atoms with Crippen molar-refractivity contribution in [1.82, 2.24) is 0 Å². The Morgan fingerprint density at radius 2 is 0.471 bits per heavy atom. The van der Waals surface area contributed by atoms with Gasteiger partial charge >= 0.3 is 0 Å². The number of hydrogen-bond acceptors (Lipinski definition) is 10. The summed E-state index contributed by atoms with van der Waals surface area (Å²) >= 11 is 18.9. The molecule has 0 fully saturated rings. The summed E-state index contributed by atoms with van der Waals surface area (Å²) in [5.74, 6) is 0.0919. The number of phenolic OH excluding ortho intramolecular Hbond substituents is 10. The van der Waals surface area contributed by atoms with Gasteiger partial charge in [0, 0.05) is 32.5 Å². The Bertz CT molecular complexity index is 4860. The van der Waals surface area contributed by atoms with Gasteiger partial charge in [-0.25, -0.2) is 0 Å². The normalized spacial score (nSPS) is 12.9. The Balaban J connectivity index is 0.000000168. The largest absolute Gasteiger partial charge is 0.508 e. The lowest BCUT2D eigenvalue weighted by Gasteiger charge is -2.36. The van der Waals surface area contributed by atoms with Crippen LogP contribution in [-0.4, -0.2) is 51.1 Å². The molecule has 0 aliphatic rings. The number of phenols is 10. The van der Waals surface area contributed by atoms with Crippen LogP contribution in [0.15, 0.2) is 255 Å².